The molecule has 0 aliphatic heterocycles. The Bertz CT molecular complexity index is 1160. The molecule has 0 fully saturated rings. The average Bonchev–Trinajstić information content (AvgIpc) is 3.35. The first-order valence-electron chi connectivity index (χ1n) is 9.63. The van der Waals surface area contributed by atoms with Crippen molar-refractivity contribution in [1.29, 1.82) is 0 Å². The zero-order chi connectivity index (χ0) is 22.1. The van der Waals surface area contributed by atoms with Crippen LogP contribution in [-0.4, -0.2) is 36.7 Å². The van der Waals surface area contributed by atoms with E-state index in [2.05, 4.69) is 10.3 Å². The van der Waals surface area contributed by atoms with Gasteiger partial charge in [0.1, 0.15) is 9.88 Å². The third-order valence-electron chi connectivity index (χ3n) is 4.97. The fraction of sp³-hybridized carbons (Fsp3) is 0.333. The second-order valence-electron chi connectivity index (χ2n) is 6.87. The molecule has 1 aromatic carbocycles. The van der Waals surface area contributed by atoms with Crippen LogP contribution in [0.15, 0.2) is 34.5 Å². The molecule has 2 aromatic heterocycles. The van der Waals surface area contributed by atoms with Crippen LogP contribution >= 0.6 is 22.7 Å². The van der Waals surface area contributed by atoms with Crippen molar-refractivity contribution in [2.45, 2.75) is 39.5 Å². The summed E-state index contributed by atoms with van der Waals surface area (Å²) in [5.41, 5.74) is 2.79. The predicted octanol–water partition coefficient (Wildman–Crippen LogP) is 5.08. The maximum Gasteiger partial charge on any atom is 0.267 e. The van der Waals surface area contributed by atoms with E-state index in [4.69, 9.17) is 0 Å². The number of amides is 1. The molecule has 30 heavy (non-hydrogen) atoms. The van der Waals surface area contributed by atoms with Gasteiger partial charge in [-0.3, -0.25) is 4.79 Å². The molecule has 0 aliphatic carbocycles. The number of carbonyl (C=O) groups is 1. The first kappa shape index (κ1) is 22.6. The number of anilines is 1. The fourth-order valence-corrected chi connectivity index (χ4v) is 6.44. The Morgan fingerprint density at radius 1 is 1.17 bits per heavy atom. The van der Waals surface area contributed by atoms with Crippen LogP contribution in [-0.2, 0) is 10.0 Å². The van der Waals surface area contributed by atoms with E-state index in [1.165, 1.54) is 15.6 Å². The zero-order valence-corrected chi connectivity index (χ0v) is 20.1. The molecule has 9 heteroatoms. The summed E-state index contributed by atoms with van der Waals surface area (Å²) < 4.78 is 27.3. The molecular weight excluding hydrogens is 438 g/mol. The van der Waals surface area contributed by atoms with Crippen molar-refractivity contribution in [1.82, 2.24) is 9.29 Å². The molecule has 0 bridgehead atoms. The van der Waals surface area contributed by atoms with Crippen LogP contribution in [0.2, 0.25) is 0 Å². The summed E-state index contributed by atoms with van der Waals surface area (Å²) in [5.74, 6) is -0.285. The molecule has 0 unspecified atom stereocenters. The highest BCUT2D eigenvalue weighted by atomic mass is 32.2. The number of sulfonamides is 1. The molecule has 0 saturated carbocycles. The third kappa shape index (κ3) is 4.34. The number of aromatic nitrogens is 1. The minimum absolute atomic E-state index is 0.185. The molecule has 1 N–H and O–H groups in total. The van der Waals surface area contributed by atoms with Crippen LogP contribution in [0.4, 0.5) is 5.69 Å². The number of nitrogens with one attached hydrogen (secondary N) is 1. The predicted molar refractivity (Wildman–Crippen MR) is 124 cm³/mol. The van der Waals surface area contributed by atoms with Crippen molar-refractivity contribution in [3.8, 4) is 9.88 Å². The normalized spacial score (nSPS) is 11.8. The Balaban J connectivity index is 1.95. The van der Waals surface area contributed by atoms with Crippen molar-refractivity contribution in [2.24, 2.45) is 0 Å². The lowest BCUT2D eigenvalue weighted by Gasteiger charge is -2.20. The minimum Gasteiger partial charge on any atom is -0.321 e. The minimum atomic E-state index is -3.62. The second-order valence-corrected chi connectivity index (χ2v) is 10.8. The smallest absolute Gasteiger partial charge is 0.267 e. The average molecular weight is 464 g/mol. The van der Waals surface area contributed by atoms with Gasteiger partial charge in [0.05, 0.1) is 15.5 Å². The van der Waals surface area contributed by atoms with E-state index in [0.29, 0.717) is 29.3 Å². The molecule has 6 nitrogen and oxygen atoms in total. The van der Waals surface area contributed by atoms with Gasteiger partial charge in [0.15, 0.2) is 0 Å². The topological polar surface area (TPSA) is 79.4 Å². The summed E-state index contributed by atoms with van der Waals surface area (Å²) in [4.78, 5) is 19.2. The number of hydrogen-bond acceptors (Lipinski definition) is 6. The number of nitrogens with zero attached hydrogens (tertiary/aromatic N) is 2. The molecule has 0 spiro atoms. The van der Waals surface area contributed by atoms with Crippen LogP contribution in [0.5, 0.6) is 0 Å². The van der Waals surface area contributed by atoms with Crippen LogP contribution in [0.3, 0.4) is 0 Å². The zero-order valence-electron chi connectivity index (χ0n) is 17.6. The molecule has 160 valence electrons. The highest BCUT2D eigenvalue weighted by Gasteiger charge is 2.24. The molecule has 0 atom stereocenters. The lowest BCUT2D eigenvalue weighted by Crippen LogP contribution is -2.30. The molecule has 0 radical (unpaired) electrons. The molecule has 0 saturated heterocycles. The summed E-state index contributed by atoms with van der Waals surface area (Å²) in [5, 5.41) is 5.68. The van der Waals surface area contributed by atoms with Gasteiger partial charge < -0.3 is 5.32 Å². The van der Waals surface area contributed by atoms with E-state index in [9.17, 15) is 13.2 Å². The van der Waals surface area contributed by atoms with Gasteiger partial charge >= 0.3 is 0 Å². The number of carbonyl (C=O) groups excluding carboxylic acids is 1. The van der Waals surface area contributed by atoms with Gasteiger partial charge in [-0.2, -0.15) is 4.31 Å². The first-order chi connectivity index (χ1) is 14.2. The van der Waals surface area contributed by atoms with Crippen molar-refractivity contribution in [2.75, 3.05) is 18.4 Å². The van der Waals surface area contributed by atoms with Gasteiger partial charge in [-0.15, -0.1) is 22.7 Å². The number of aryl methyl sites for hydroxylation is 2. The molecular formula is C21H25N3O3S3. The van der Waals surface area contributed by atoms with Gasteiger partial charge in [0, 0.05) is 18.8 Å². The van der Waals surface area contributed by atoms with Gasteiger partial charge in [0.25, 0.3) is 5.91 Å². The monoisotopic (exact) mass is 463 g/mol. The molecule has 2 heterocycles. The standard InChI is InChI=1S/C21H25N3O3S3/c1-6-24(7-2)30(26,27)16-11-13(3)14(4)17(12-16)23-20(25)19-15(5)22-21(29-19)18-9-8-10-28-18/h8-12H,6-7H2,1-5H3,(H,23,25). The van der Waals surface area contributed by atoms with Crippen LogP contribution < -0.4 is 5.32 Å². The van der Waals surface area contributed by atoms with E-state index in [1.807, 2.05) is 52.1 Å². The van der Waals surface area contributed by atoms with E-state index >= 15 is 0 Å². The summed E-state index contributed by atoms with van der Waals surface area (Å²) in [7, 11) is -3.62. The van der Waals surface area contributed by atoms with Crippen molar-refractivity contribution >= 4 is 44.3 Å². The second kappa shape index (κ2) is 8.97. The van der Waals surface area contributed by atoms with Gasteiger partial charge in [0.2, 0.25) is 10.0 Å². The third-order valence-corrected chi connectivity index (χ3v) is 9.19. The van der Waals surface area contributed by atoms with E-state index in [0.717, 1.165) is 21.0 Å². The molecule has 0 aliphatic rings. The fourth-order valence-electron chi connectivity index (χ4n) is 3.11. The number of thiophene rings is 1. The number of rotatable bonds is 7. The Morgan fingerprint density at radius 2 is 1.87 bits per heavy atom. The molecule has 1 amide bonds. The number of hydrogen-bond donors (Lipinski definition) is 1. The Labute approximate surface area is 185 Å². The van der Waals surface area contributed by atoms with E-state index < -0.39 is 10.0 Å². The van der Waals surface area contributed by atoms with Gasteiger partial charge in [-0.1, -0.05) is 19.9 Å². The highest BCUT2D eigenvalue weighted by Crippen LogP contribution is 2.32. The first-order valence-corrected chi connectivity index (χ1v) is 12.8. The maximum atomic E-state index is 13.0. The highest BCUT2D eigenvalue weighted by molar-refractivity contribution is 7.89. The SMILES string of the molecule is CCN(CC)S(=O)(=O)c1cc(C)c(C)c(NC(=O)c2sc(-c3cccs3)nc2C)c1. The van der Waals surface area contributed by atoms with Crippen LogP contribution in [0.1, 0.15) is 40.3 Å². The summed E-state index contributed by atoms with van der Waals surface area (Å²) >= 11 is 2.91. The summed E-state index contributed by atoms with van der Waals surface area (Å²) in [6.07, 6.45) is 0. The van der Waals surface area contributed by atoms with Crippen molar-refractivity contribution in [3.63, 3.8) is 0 Å². The van der Waals surface area contributed by atoms with Gasteiger partial charge in [-0.25, -0.2) is 13.4 Å². The molecule has 3 rings (SSSR count). The van der Waals surface area contributed by atoms with Crippen molar-refractivity contribution < 1.29 is 13.2 Å². The Hall–Kier alpha value is -2.07. The van der Waals surface area contributed by atoms with E-state index in [1.54, 1.807) is 23.5 Å². The lowest BCUT2D eigenvalue weighted by molar-refractivity contribution is 0.102. The quantitative estimate of drug-likeness (QED) is 0.530. The summed E-state index contributed by atoms with van der Waals surface area (Å²) in [6.45, 7) is 9.92. The van der Waals surface area contributed by atoms with Crippen molar-refractivity contribution in [3.05, 3.63) is 51.3 Å². The number of thiazole rings is 1. The van der Waals surface area contributed by atoms with Crippen LogP contribution in [0.25, 0.3) is 9.88 Å². The Kier molecular flexibility index (Phi) is 6.76. The molecule has 3 aromatic rings. The van der Waals surface area contributed by atoms with E-state index in [-0.39, 0.29) is 10.8 Å². The largest absolute Gasteiger partial charge is 0.321 e. The summed E-state index contributed by atoms with van der Waals surface area (Å²) in [6, 6.07) is 7.13. The lowest BCUT2D eigenvalue weighted by atomic mass is 10.1. The number of benzene rings is 1. The van der Waals surface area contributed by atoms with Gasteiger partial charge in [-0.05, 0) is 55.5 Å². The maximum absolute atomic E-state index is 13.0. The van der Waals surface area contributed by atoms with Crippen LogP contribution in [0, 0.1) is 20.8 Å². The Morgan fingerprint density at radius 3 is 2.47 bits per heavy atom.